The van der Waals surface area contributed by atoms with Crippen molar-refractivity contribution in [1.29, 1.82) is 0 Å². The molecule has 7 nitrogen and oxygen atoms in total. The third-order valence-electron chi connectivity index (χ3n) is 5.04. The summed E-state index contributed by atoms with van der Waals surface area (Å²) < 4.78 is 5.15. The Morgan fingerprint density at radius 3 is 2.63 bits per heavy atom. The van der Waals surface area contributed by atoms with Gasteiger partial charge < -0.3 is 15.0 Å². The first-order valence-corrected chi connectivity index (χ1v) is 9.75. The molecule has 2 aromatic heterocycles. The summed E-state index contributed by atoms with van der Waals surface area (Å²) in [5.41, 5.74) is 5.53. The molecule has 0 fully saturated rings. The van der Waals surface area contributed by atoms with Gasteiger partial charge in [0.05, 0.1) is 28.0 Å². The van der Waals surface area contributed by atoms with E-state index < -0.39 is 5.97 Å². The molecule has 2 aromatic carbocycles. The summed E-state index contributed by atoms with van der Waals surface area (Å²) in [7, 11) is 0. The number of para-hydroxylation sites is 1. The molecule has 0 aliphatic carbocycles. The molecule has 0 saturated heterocycles. The van der Waals surface area contributed by atoms with Gasteiger partial charge in [-0.15, -0.1) is 0 Å². The van der Waals surface area contributed by atoms with Crippen LogP contribution in [0.15, 0.2) is 48.7 Å². The van der Waals surface area contributed by atoms with Gasteiger partial charge in [-0.2, -0.15) is 0 Å². The SMILES string of the molecule is Cc1nc2ccc(C(=O)OCC(=O)NCCc3c[nH]c4ccccc34)cc2nc1C. The zero-order valence-corrected chi connectivity index (χ0v) is 16.9. The normalized spacial score (nSPS) is 11.0. The number of fused-ring (bicyclic) bond motifs is 2. The highest BCUT2D eigenvalue weighted by atomic mass is 16.5. The van der Waals surface area contributed by atoms with E-state index in [1.54, 1.807) is 18.2 Å². The number of nitrogens with zero attached hydrogens (tertiary/aromatic N) is 2. The molecule has 0 radical (unpaired) electrons. The van der Waals surface area contributed by atoms with Gasteiger partial charge in [0.15, 0.2) is 6.61 Å². The molecule has 0 unspecified atom stereocenters. The van der Waals surface area contributed by atoms with E-state index in [4.69, 9.17) is 4.74 Å². The van der Waals surface area contributed by atoms with Crippen LogP contribution in [0.25, 0.3) is 21.9 Å². The topological polar surface area (TPSA) is 97.0 Å². The van der Waals surface area contributed by atoms with Gasteiger partial charge in [0.2, 0.25) is 0 Å². The molecule has 0 aliphatic rings. The molecule has 30 heavy (non-hydrogen) atoms. The van der Waals surface area contributed by atoms with Gasteiger partial charge in [0.25, 0.3) is 5.91 Å². The molecule has 2 heterocycles. The van der Waals surface area contributed by atoms with Gasteiger partial charge in [0.1, 0.15) is 0 Å². The van der Waals surface area contributed by atoms with Crippen molar-refractivity contribution in [2.24, 2.45) is 0 Å². The second-order valence-corrected chi connectivity index (χ2v) is 7.13. The van der Waals surface area contributed by atoms with Crippen molar-refractivity contribution in [2.45, 2.75) is 20.3 Å². The molecule has 0 saturated carbocycles. The monoisotopic (exact) mass is 402 g/mol. The number of hydrogen-bond acceptors (Lipinski definition) is 5. The lowest BCUT2D eigenvalue weighted by Gasteiger charge is -2.08. The molecule has 0 spiro atoms. The van der Waals surface area contributed by atoms with Gasteiger partial charge in [-0.25, -0.2) is 14.8 Å². The van der Waals surface area contributed by atoms with Crippen molar-refractivity contribution in [3.63, 3.8) is 0 Å². The minimum Gasteiger partial charge on any atom is -0.452 e. The van der Waals surface area contributed by atoms with E-state index in [-0.39, 0.29) is 12.5 Å². The van der Waals surface area contributed by atoms with Gasteiger partial charge in [-0.05, 0) is 50.1 Å². The second-order valence-electron chi connectivity index (χ2n) is 7.13. The third-order valence-corrected chi connectivity index (χ3v) is 5.04. The first kappa shape index (κ1) is 19.6. The van der Waals surface area contributed by atoms with Crippen molar-refractivity contribution in [2.75, 3.05) is 13.2 Å². The number of nitrogens with one attached hydrogen (secondary N) is 2. The highest BCUT2D eigenvalue weighted by Gasteiger charge is 2.12. The first-order valence-electron chi connectivity index (χ1n) is 9.75. The average molecular weight is 402 g/mol. The van der Waals surface area contributed by atoms with Crippen molar-refractivity contribution in [3.8, 4) is 0 Å². The average Bonchev–Trinajstić information content (AvgIpc) is 3.16. The fourth-order valence-corrected chi connectivity index (χ4v) is 3.30. The number of aromatic nitrogens is 3. The number of carbonyl (C=O) groups excluding carboxylic acids is 2. The fraction of sp³-hybridized carbons (Fsp3) is 0.217. The highest BCUT2D eigenvalue weighted by Crippen LogP contribution is 2.18. The summed E-state index contributed by atoms with van der Waals surface area (Å²) in [6.07, 6.45) is 2.63. The Bertz CT molecular complexity index is 1250. The van der Waals surface area contributed by atoms with Crippen LogP contribution in [0.2, 0.25) is 0 Å². The number of aryl methyl sites for hydroxylation is 2. The lowest BCUT2D eigenvalue weighted by atomic mass is 10.1. The number of carbonyl (C=O) groups is 2. The summed E-state index contributed by atoms with van der Waals surface area (Å²) in [5, 5.41) is 3.93. The van der Waals surface area contributed by atoms with Crippen LogP contribution in [0.4, 0.5) is 0 Å². The number of hydrogen-bond donors (Lipinski definition) is 2. The molecule has 2 N–H and O–H groups in total. The Morgan fingerprint density at radius 1 is 1.03 bits per heavy atom. The molecular weight excluding hydrogens is 380 g/mol. The Labute approximate surface area is 173 Å². The van der Waals surface area contributed by atoms with E-state index in [1.807, 2.05) is 44.3 Å². The van der Waals surface area contributed by atoms with Crippen LogP contribution in [0, 0.1) is 13.8 Å². The molecular formula is C23H22N4O3. The predicted molar refractivity (Wildman–Crippen MR) is 114 cm³/mol. The number of H-pyrrole nitrogens is 1. The van der Waals surface area contributed by atoms with Gasteiger partial charge in [0, 0.05) is 23.6 Å². The zero-order chi connectivity index (χ0) is 21.1. The fourth-order valence-electron chi connectivity index (χ4n) is 3.30. The molecule has 0 aliphatic heterocycles. The number of rotatable bonds is 6. The van der Waals surface area contributed by atoms with Crippen molar-refractivity contribution in [3.05, 3.63) is 71.2 Å². The van der Waals surface area contributed by atoms with Crippen LogP contribution in [0.3, 0.4) is 0 Å². The molecule has 152 valence electrons. The van der Waals surface area contributed by atoms with E-state index in [0.717, 1.165) is 27.9 Å². The molecule has 7 heteroatoms. The van der Waals surface area contributed by atoms with Gasteiger partial charge in [-0.3, -0.25) is 4.79 Å². The second kappa shape index (κ2) is 8.32. The quantitative estimate of drug-likeness (QED) is 0.483. The largest absolute Gasteiger partial charge is 0.452 e. The lowest BCUT2D eigenvalue weighted by Crippen LogP contribution is -2.30. The first-order chi connectivity index (χ1) is 14.5. The van der Waals surface area contributed by atoms with Crippen LogP contribution in [-0.2, 0) is 16.0 Å². The Kier molecular flexibility index (Phi) is 5.43. The Morgan fingerprint density at radius 2 is 1.80 bits per heavy atom. The van der Waals surface area contributed by atoms with Crippen LogP contribution >= 0.6 is 0 Å². The van der Waals surface area contributed by atoms with Crippen LogP contribution in [-0.4, -0.2) is 40.0 Å². The van der Waals surface area contributed by atoms with Crippen LogP contribution < -0.4 is 5.32 Å². The van der Waals surface area contributed by atoms with Crippen molar-refractivity contribution < 1.29 is 14.3 Å². The molecule has 4 rings (SSSR count). The van der Waals surface area contributed by atoms with Crippen molar-refractivity contribution >= 4 is 33.8 Å². The standard InChI is InChI=1S/C23H22N4O3/c1-14-15(2)27-21-11-16(7-8-20(21)26-14)23(29)30-13-22(28)24-10-9-17-12-25-19-6-4-3-5-18(17)19/h3-8,11-12,25H,9-10,13H2,1-2H3,(H,24,28). The Hall–Kier alpha value is -3.74. The summed E-state index contributed by atoms with van der Waals surface area (Å²) in [6.45, 7) is 3.89. The maximum Gasteiger partial charge on any atom is 0.338 e. The molecule has 0 atom stereocenters. The number of aromatic amines is 1. The number of amides is 1. The number of ether oxygens (including phenoxy) is 1. The van der Waals surface area contributed by atoms with Crippen molar-refractivity contribution in [1.82, 2.24) is 20.3 Å². The summed E-state index contributed by atoms with van der Waals surface area (Å²) in [6, 6.07) is 13.0. The number of benzene rings is 2. The van der Waals surface area contributed by atoms with Crippen LogP contribution in [0.1, 0.15) is 27.3 Å². The molecule has 1 amide bonds. The molecule has 0 bridgehead atoms. The zero-order valence-electron chi connectivity index (χ0n) is 16.9. The van der Waals surface area contributed by atoms with E-state index in [0.29, 0.717) is 29.6 Å². The van der Waals surface area contributed by atoms with E-state index in [9.17, 15) is 9.59 Å². The lowest BCUT2D eigenvalue weighted by molar-refractivity contribution is -0.124. The Balaban J connectivity index is 1.29. The van der Waals surface area contributed by atoms with E-state index >= 15 is 0 Å². The smallest absolute Gasteiger partial charge is 0.338 e. The highest BCUT2D eigenvalue weighted by molar-refractivity contribution is 5.94. The maximum absolute atomic E-state index is 12.3. The third kappa shape index (κ3) is 4.15. The minimum atomic E-state index is -0.566. The van der Waals surface area contributed by atoms with E-state index in [1.165, 1.54) is 0 Å². The minimum absolute atomic E-state index is 0.330. The summed E-state index contributed by atoms with van der Waals surface area (Å²) in [5.74, 6) is -0.904. The van der Waals surface area contributed by atoms with Gasteiger partial charge in [-0.1, -0.05) is 18.2 Å². The van der Waals surface area contributed by atoms with Crippen LogP contribution in [0.5, 0.6) is 0 Å². The predicted octanol–water partition coefficient (Wildman–Crippen LogP) is 3.24. The van der Waals surface area contributed by atoms with E-state index in [2.05, 4.69) is 20.3 Å². The maximum atomic E-state index is 12.3. The number of esters is 1. The summed E-state index contributed by atoms with van der Waals surface area (Å²) in [4.78, 5) is 36.4. The summed E-state index contributed by atoms with van der Waals surface area (Å²) >= 11 is 0. The molecule has 4 aromatic rings. The van der Waals surface area contributed by atoms with Gasteiger partial charge >= 0.3 is 5.97 Å².